The van der Waals surface area contributed by atoms with Crippen molar-refractivity contribution in [2.75, 3.05) is 26.2 Å². The van der Waals surface area contributed by atoms with Crippen molar-refractivity contribution < 1.29 is 23.1 Å². The molecule has 0 aliphatic heterocycles. The molecule has 120 valence electrons. The summed E-state index contributed by atoms with van der Waals surface area (Å²) in [5.41, 5.74) is 0. The third-order valence-corrected chi connectivity index (χ3v) is 3.37. The van der Waals surface area contributed by atoms with E-state index in [1.807, 2.05) is 0 Å². The fraction of sp³-hybridized carbons (Fsp3) is 0.923. The van der Waals surface area contributed by atoms with Crippen molar-refractivity contribution in [2.24, 2.45) is 5.92 Å². The molecule has 0 aromatic rings. The summed E-state index contributed by atoms with van der Waals surface area (Å²) >= 11 is 0. The lowest BCUT2D eigenvalue weighted by atomic mass is 10.1. The normalized spacial score (nSPS) is 15.3. The van der Waals surface area contributed by atoms with Gasteiger partial charge in [0.15, 0.2) is 5.92 Å². The standard InChI is InChI=1S/C13H25F3N2O2/c1-4-18(5-2)8-6-7-10(3)17-9-11(12(19)20)13(14,15)16/h10-11,17H,4-9H2,1-3H3,(H,19,20). The van der Waals surface area contributed by atoms with Crippen molar-refractivity contribution in [2.45, 2.75) is 45.8 Å². The minimum atomic E-state index is -4.71. The fourth-order valence-electron chi connectivity index (χ4n) is 1.93. The second-order valence-corrected chi connectivity index (χ2v) is 4.91. The monoisotopic (exact) mass is 298 g/mol. The number of carbonyl (C=O) groups is 1. The highest BCUT2D eigenvalue weighted by Crippen LogP contribution is 2.26. The van der Waals surface area contributed by atoms with Crippen molar-refractivity contribution in [3.8, 4) is 0 Å². The highest BCUT2D eigenvalue weighted by molar-refractivity contribution is 5.71. The summed E-state index contributed by atoms with van der Waals surface area (Å²) in [5.74, 6) is -4.17. The van der Waals surface area contributed by atoms with Gasteiger partial charge >= 0.3 is 12.1 Å². The maximum absolute atomic E-state index is 12.4. The Morgan fingerprint density at radius 3 is 2.25 bits per heavy atom. The summed E-state index contributed by atoms with van der Waals surface area (Å²) in [6, 6.07) is -0.130. The molecule has 0 amide bonds. The first-order valence-electron chi connectivity index (χ1n) is 6.97. The lowest BCUT2D eigenvalue weighted by molar-refractivity contribution is -0.192. The van der Waals surface area contributed by atoms with Gasteiger partial charge in [0.05, 0.1) is 0 Å². The zero-order valence-electron chi connectivity index (χ0n) is 12.3. The zero-order valence-corrected chi connectivity index (χ0v) is 12.3. The molecule has 0 heterocycles. The number of carboxylic acid groups (broad SMARTS) is 1. The van der Waals surface area contributed by atoms with E-state index in [0.717, 1.165) is 32.5 Å². The number of nitrogens with one attached hydrogen (secondary N) is 1. The number of nitrogens with zero attached hydrogens (tertiary/aromatic N) is 1. The van der Waals surface area contributed by atoms with Crippen LogP contribution in [0.1, 0.15) is 33.6 Å². The molecule has 20 heavy (non-hydrogen) atoms. The predicted molar refractivity (Wildman–Crippen MR) is 71.7 cm³/mol. The summed E-state index contributed by atoms with van der Waals surface area (Å²) in [6.45, 7) is 8.13. The molecule has 0 saturated heterocycles. The fourth-order valence-corrected chi connectivity index (χ4v) is 1.93. The summed E-state index contributed by atoms with van der Waals surface area (Å²) in [5, 5.41) is 11.2. The molecule has 0 aromatic carbocycles. The number of hydrogen-bond donors (Lipinski definition) is 2. The number of rotatable bonds is 10. The van der Waals surface area contributed by atoms with E-state index in [4.69, 9.17) is 5.11 Å². The van der Waals surface area contributed by atoms with Gasteiger partial charge in [0, 0.05) is 12.6 Å². The van der Waals surface area contributed by atoms with Gasteiger partial charge in [-0.2, -0.15) is 13.2 Å². The Morgan fingerprint density at radius 2 is 1.85 bits per heavy atom. The van der Waals surface area contributed by atoms with Crippen molar-refractivity contribution in [1.29, 1.82) is 0 Å². The third kappa shape index (κ3) is 7.69. The molecule has 2 unspecified atom stereocenters. The number of alkyl halides is 3. The number of aliphatic carboxylic acids is 1. The van der Waals surface area contributed by atoms with Gasteiger partial charge in [0.2, 0.25) is 0 Å². The molecule has 0 radical (unpaired) electrons. The van der Waals surface area contributed by atoms with Crippen LogP contribution in [0.5, 0.6) is 0 Å². The minimum Gasteiger partial charge on any atom is -0.481 e. The summed E-state index contributed by atoms with van der Waals surface area (Å²) in [7, 11) is 0. The topological polar surface area (TPSA) is 52.6 Å². The molecule has 0 aliphatic rings. The highest BCUT2D eigenvalue weighted by Gasteiger charge is 2.44. The number of carboxylic acids is 1. The van der Waals surface area contributed by atoms with Crippen molar-refractivity contribution >= 4 is 5.97 Å². The lowest BCUT2D eigenvalue weighted by Crippen LogP contribution is -2.42. The molecule has 0 spiro atoms. The van der Waals surface area contributed by atoms with E-state index in [2.05, 4.69) is 24.1 Å². The molecular weight excluding hydrogens is 273 g/mol. The smallest absolute Gasteiger partial charge is 0.403 e. The summed E-state index contributed by atoms with van der Waals surface area (Å²) in [6.07, 6.45) is -3.11. The average Bonchev–Trinajstić information content (AvgIpc) is 2.32. The Bertz CT molecular complexity index is 281. The van der Waals surface area contributed by atoms with Gasteiger partial charge in [-0.25, -0.2) is 0 Å². The molecular formula is C13H25F3N2O2. The quantitative estimate of drug-likeness (QED) is 0.650. The Hall–Kier alpha value is -0.820. The molecule has 0 bridgehead atoms. The molecule has 0 fully saturated rings. The van der Waals surface area contributed by atoms with Gasteiger partial charge in [-0.15, -0.1) is 0 Å². The number of halogens is 3. The van der Waals surface area contributed by atoms with Gasteiger partial charge in [0.1, 0.15) is 0 Å². The van der Waals surface area contributed by atoms with E-state index in [-0.39, 0.29) is 6.04 Å². The van der Waals surface area contributed by atoms with Crippen molar-refractivity contribution in [3.05, 3.63) is 0 Å². The molecule has 0 aliphatic carbocycles. The maximum atomic E-state index is 12.4. The number of hydrogen-bond acceptors (Lipinski definition) is 3. The van der Waals surface area contributed by atoms with Gasteiger partial charge in [0.25, 0.3) is 0 Å². The van der Waals surface area contributed by atoms with E-state index < -0.39 is 24.6 Å². The van der Waals surface area contributed by atoms with Crippen molar-refractivity contribution in [3.63, 3.8) is 0 Å². The zero-order chi connectivity index (χ0) is 15.8. The van der Waals surface area contributed by atoms with Crippen LogP contribution in [0.4, 0.5) is 13.2 Å². The van der Waals surface area contributed by atoms with E-state index in [9.17, 15) is 18.0 Å². The van der Waals surface area contributed by atoms with Crippen molar-refractivity contribution in [1.82, 2.24) is 10.2 Å². The van der Waals surface area contributed by atoms with Gasteiger partial charge in [-0.1, -0.05) is 13.8 Å². The van der Waals surface area contributed by atoms with E-state index >= 15 is 0 Å². The molecule has 7 heteroatoms. The first-order chi connectivity index (χ1) is 9.22. The molecule has 0 rings (SSSR count). The predicted octanol–water partition coefficient (Wildman–Crippen LogP) is 2.35. The van der Waals surface area contributed by atoms with Crippen LogP contribution in [0, 0.1) is 5.92 Å². The molecule has 0 aromatic heterocycles. The Labute approximate surface area is 118 Å². The first-order valence-corrected chi connectivity index (χ1v) is 6.97. The maximum Gasteiger partial charge on any atom is 0.403 e. The largest absolute Gasteiger partial charge is 0.481 e. The van der Waals surface area contributed by atoms with E-state index in [1.165, 1.54) is 0 Å². The van der Waals surface area contributed by atoms with Crippen LogP contribution >= 0.6 is 0 Å². The molecule has 2 atom stereocenters. The minimum absolute atomic E-state index is 0.130. The lowest BCUT2D eigenvalue weighted by Gasteiger charge is -2.22. The van der Waals surface area contributed by atoms with E-state index in [1.54, 1.807) is 6.92 Å². The van der Waals surface area contributed by atoms with Crippen LogP contribution in [0.2, 0.25) is 0 Å². The summed E-state index contributed by atoms with van der Waals surface area (Å²) < 4.78 is 37.3. The van der Waals surface area contributed by atoms with Crippen LogP contribution in [0.3, 0.4) is 0 Å². The van der Waals surface area contributed by atoms with Gasteiger partial charge in [-0.05, 0) is 39.4 Å². The first kappa shape index (κ1) is 19.2. The molecule has 2 N–H and O–H groups in total. The van der Waals surface area contributed by atoms with Gasteiger partial charge in [-0.3, -0.25) is 4.79 Å². The highest BCUT2D eigenvalue weighted by atomic mass is 19.4. The molecule has 0 saturated carbocycles. The Kier molecular flexibility index (Phi) is 8.80. The average molecular weight is 298 g/mol. The van der Waals surface area contributed by atoms with Gasteiger partial charge < -0.3 is 15.3 Å². The van der Waals surface area contributed by atoms with Crippen LogP contribution in [-0.4, -0.2) is 54.4 Å². The Morgan fingerprint density at radius 1 is 1.30 bits per heavy atom. The van der Waals surface area contributed by atoms with Crippen LogP contribution in [0.15, 0.2) is 0 Å². The third-order valence-electron chi connectivity index (χ3n) is 3.37. The Balaban J connectivity index is 4.03. The van der Waals surface area contributed by atoms with E-state index in [0.29, 0.717) is 0 Å². The summed E-state index contributed by atoms with van der Waals surface area (Å²) in [4.78, 5) is 12.8. The second kappa shape index (κ2) is 9.18. The SMILES string of the molecule is CCN(CC)CCCC(C)NCC(C(=O)O)C(F)(F)F. The second-order valence-electron chi connectivity index (χ2n) is 4.91. The van der Waals surface area contributed by atoms with Crippen LogP contribution in [0.25, 0.3) is 0 Å². The van der Waals surface area contributed by atoms with Crippen LogP contribution in [-0.2, 0) is 4.79 Å². The molecule has 4 nitrogen and oxygen atoms in total. The van der Waals surface area contributed by atoms with Crippen LogP contribution < -0.4 is 5.32 Å².